The van der Waals surface area contributed by atoms with Crippen molar-refractivity contribution in [3.8, 4) is 0 Å². The van der Waals surface area contributed by atoms with Crippen molar-refractivity contribution in [2.75, 3.05) is 6.61 Å². The fourth-order valence-electron chi connectivity index (χ4n) is 4.64. The van der Waals surface area contributed by atoms with E-state index in [9.17, 15) is 14.0 Å². The Bertz CT molecular complexity index is 1980. The number of halogens is 2. The average Bonchev–Trinajstić information content (AvgIpc) is 3.51. The van der Waals surface area contributed by atoms with Gasteiger partial charge in [-0.1, -0.05) is 83.8 Å². The number of aromatic nitrogens is 1. The highest BCUT2D eigenvalue weighted by Crippen LogP contribution is 2.37. The summed E-state index contributed by atoms with van der Waals surface area (Å²) in [5.74, 6) is -0.540. The van der Waals surface area contributed by atoms with Gasteiger partial charge in [0.15, 0.2) is 9.89 Å². The van der Waals surface area contributed by atoms with Crippen molar-refractivity contribution in [2.45, 2.75) is 23.0 Å². The summed E-state index contributed by atoms with van der Waals surface area (Å²) in [6.45, 7) is 1.86. The highest BCUT2D eigenvalue weighted by Gasteiger charge is 2.35. The highest BCUT2D eigenvalue weighted by molar-refractivity contribution is 9.10. The molecule has 1 atom stereocenters. The topological polar surface area (TPSA) is 73.8 Å². The molecule has 0 saturated carbocycles. The quantitative estimate of drug-likeness (QED) is 0.184. The number of ether oxygens (including phenoxy) is 1. The van der Waals surface area contributed by atoms with E-state index < -0.39 is 17.8 Å². The molecule has 3 heterocycles. The number of esters is 1. The van der Waals surface area contributed by atoms with Crippen LogP contribution in [0, 0.1) is 5.82 Å². The molecule has 1 aliphatic heterocycles. The van der Waals surface area contributed by atoms with E-state index in [4.69, 9.17) is 14.1 Å². The fraction of sp³-hybridized carbons (Fsp3) is 0.0938. The molecule has 0 fully saturated rings. The predicted octanol–water partition coefficient (Wildman–Crippen LogP) is 6.58. The first-order valence-electron chi connectivity index (χ1n) is 13.0. The smallest absolute Gasteiger partial charge is 0.338 e. The number of nitrogens with zero attached hydrogens (tertiary/aromatic N) is 2. The summed E-state index contributed by atoms with van der Waals surface area (Å²) in [4.78, 5) is 33.7. The van der Waals surface area contributed by atoms with Crippen LogP contribution in [0.5, 0.6) is 0 Å². The molecular formula is C32H22BrFN2O4S2. The summed E-state index contributed by atoms with van der Waals surface area (Å²) < 4.78 is 28.1. The second-order valence-electron chi connectivity index (χ2n) is 9.18. The summed E-state index contributed by atoms with van der Waals surface area (Å²) in [7, 11) is 0. The molecule has 6 nitrogen and oxygen atoms in total. The SMILES string of the molecule is CCOC(=O)C1=C(c2ccccc2)N=c2s/c(=C/c3cc(Br)c(Sc4ccccc4)o3)c(=O)n2[C@H]1c1ccc(F)cc1. The third-order valence-electron chi connectivity index (χ3n) is 6.46. The number of furan rings is 1. The molecule has 2 aromatic heterocycles. The van der Waals surface area contributed by atoms with Crippen LogP contribution in [0.25, 0.3) is 11.8 Å². The summed E-state index contributed by atoms with van der Waals surface area (Å²) in [6.07, 6.45) is 1.67. The van der Waals surface area contributed by atoms with Gasteiger partial charge in [0.05, 0.1) is 32.9 Å². The normalized spacial score (nSPS) is 14.9. The van der Waals surface area contributed by atoms with E-state index in [0.29, 0.717) is 37.0 Å². The second-order valence-corrected chi connectivity index (χ2v) is 12.1. The van der Waals surface area contributed by atoms with Crippen LogP contribution in [-0.4, -0.2) is 17.1 Å². The summed E-state index contributed by atoms with van der Waals surface area (Å²) in [5.41, 5.74) is 1.50. The van der Waals surface area contributed by atoms with E-state index in [0.717, 1.165) is 9.37 Å². The molecule has 0 saturated heterocycles. The van der Waals surface area contributed by atoms with Gasteiger partial charge in [-0.05, 0) is 58.7 Å². The fourth-order valence-corrected chi connectivity index (χ4v) is 6.97. The van der Waals surface area contributed by atoms with Gasteiger partial charge in [0, 0.05) is 16.5 Å². The number of rotatable bonds is 7. The van der Waals surface area contributed by atoms with Crippen LogP contribution < -0.4 is 14.9 Å². The minimum Gasteiger partial charge on any atom is -0.463 e. The molecule has 1 aliphatic rings. The first kappa shape index (κ1) is 28.1. The van der Waals surface area contributed by atoms with Gasteiger partial charge in [-0.2, -0.15) is 0 Å². The first-order chi connectivity index (χ1) is 20.4. The molecular weight excluding hydrogens is 639 g/mol. The zero-order chi connectivity index (χ0) is 29.2. The van der Waals surface area contributed by atoms with Gasteiger partial charge in [0.2, 0.25) is 0 Å². The van der Waals surface area contributed by atoms with E-state index in [1.807, 2.05) is 60.7 Å². The van der Waals surface area contributed by atoms with Gasteiger partial charge in [0.1, 0.15) is 11.6 Å². The Hall–Kier alpha value is -3.99. The largest absolute Gasteiger partial charge is 0.463 e. The zero-order valence-corrected chi connectivity index (χ0v) is 25.3. The maximum absolute atomic E-state index is 14.0. The minimum atomic E-state index is -0.884. The Balaban J connectivity index is 1.54. The highest BCUT2D eigenvalue weighted by atomic mass is 79.9. The third kappa shape index (κ3) is 5.57. The molecule has 0 N–H and O–H groups in total. The van der Waals surface area contributed by atoms with Crippen LogP contribution >= 0.6 is 39.0 Å². The number of benzene rings is 3. The third-order valence-corrected chi connectivity index (χ3v) is 9.29. The van der Waals surface area contributed by atoms with E-state index in [-0.39, 0.29) is 17.7 Å². The molecule has 0 aliphatic carbocycles. The number of hydrogen-bond acceptors (Lipinski definition) is 7. The molecule has 210 valence electrons. The number of carbonyl (C=O) groups is 1. The molecule has 0 radical (unpaired) electrons. The lowest BCUT2D eigenvalue weighted by atomic mass is 9.93. The Kier molecular flexibility index (Phi) is 8.10. The standard InChI is InChI=1S/C32H22BrFN2O4S2/c1-2-39-30(38)26-27(19-9-5-3-6-10-19)35-32-36(28(26)20-13-15-21(34)16-14-20)29(37)25(42-32)18-22-17-24(33)31(40-22)41-23-11-7-4-8-12-23/h3-18,28H,2H2,1H3/b25-18+/t28-/m0/s1. The molecule has 0 amide bonds. The molecule has 6 rings (SSSR count). The molecule has 42 heavy (non-hydrogen) atoms. The Morgan fingerprint density at radius 3 is 2.48 bits per heavy atom. The molecule has 0 unspecified atom stereocenters. The zero-order valence-electron chi connectivity index (χ0n) is 22.1. The Labute approximate surface area is 256 Å². The lowest BCUT2D eigenvalue weighted by Crippen LogP contribution is -2.40. The lowest BCUT2D eigenvalue weighted by molar-refractivity contribution is -0.138. The summed E-state index contributed by atoms with van der Waals surface area (Å²) in [6, 6.07) is 25.8. The van der Waals surface area contributed by atoms with Gasteiger partial charge < -0.3 is 9.15 Å². The van der Waals surface area contributed by atoms with Crippen molar-refractivity contribution >= 4 is 56.8 Å². The van der Waals surface area contributed by atoms with E-state index in [1.165, 1.54) is 39.8 Å². The number of fused-ring (bicyclic) bond motifs is 1. The summed E-state index contributed by atoms with van der Waals surface area (Å²) in [5, 5.41) is 0.653. The summed E-state index contributed by atoms with van der Waals surface area (Å²) >= 11 is 6.21. The van der Waals surface area contributed by atoms with Crippen LogP contribution in [0.2, 0.25) is 0 Å². The number of thiazole rings is 1. The van der Waals surface area contributed by atoms with Gasteiger partial charge in [-0.25, -0.2) is 14.2 Å². The van der Waals surface area contributed by atoms with E-state index in [1.54, 1.807) is 31.2 Å². The minimum absolute atomic E-state index is 0.141. The number of hydrogen-bond donors (Lipinski definition) is 0. The van der Waals surface area contributed by atoms with Gasteiger partial charge in [-0.3, -0.25) is 9.36 Å². The molecule has 10 heteroatoms. The Morgan fingerprint density at radius 1 is 1.10 bits per heavy atom. The lowest BCUT2D eigenvalue weighted by Gasteiger charge is -2.25. The maximum Gasteiger partial charge on any atom is 0.338 e. The van der Waals surface area contributed by atoms with E-state index in [2.05, 4.69) is 15.9 Å². The monoisotopic (exact) mass is 660 g/mol. The van der Waals surface area contributed by atoms with Gasteiger partial charge in [-0.15, -0.1) is 0 Å². The van der Waals surface area contributed by atoms with Crippen molar-refractivity contribution in [1.82, 2.24) is 4.57 Å². The first-order valence-corrected chi connectivity index (χ1v) is 15.4. The van der Waals surface area contributed by atoms with Crippen molar-refractivity contribution in [3.63, 3.8) is 0 Å². The van der Waals surface area contributed by atoms with Gasteiger partial charge >= 0.3 is 5.97 Å². The molecule has 3 aromatic carbocycles. The number of carbonyl (C=O) groups excluding carboxylic acids is 1. The van der Waals surface area contributed by atoms with Crippen LogP contribution in [0.1, 0.15) is 29.9 Å². The molecule has 0 bridgehead atoms. The van der Waals surface area contributed by atoms with Crippen molar-refractivity contribution in [1.29, 1.82) is 0 Å². The van der Waals surface area contributed by atoms with Crippen molar-refractivity contribution < 1.29 is 18.3 Å². The maximum atomic E-state index is 14.0. The van der Waals surface area contributed by atoms with Crippen LogP contribution in [0.15, 0.2) is 125 Å². The molecule has 0 spiro atoms. The van der Waals surface area contributed by atoms with Gasteiger partial charge in [0.25, 0.3) is 5.56 Å². The molecule has 5 aromatic rings. The van der Waals surface area contributed by atoms with Crippen LogP contribution in [0.4, 0.5) is 4.39 Å². The van der Waals surface area contributed by atoms with Crippen LogP contribution in [0.3, 0.4) is 0 Å². The van der Waals surface area contributed by atoms with E-state index >= 15 is 0 Å². The average molecular weight is 662 g/mol. The Morgan fingerprint density at radius 2 is 1.79 bits per heavy atom. The van der Waals surface area contributed by atoms with Crippen LogP contribution in [-0.2, 0) is 9.53 Å². The second kappa shape index (κ2) is 12.1. The predicted molar refractivity (Wildman–Crippen MR) is 164 cm³/mol. The van der Waals surface area contributed by atoms with Crippen molar-refractivity contribution in [2.24, 2.45) is 4.99 Å². The van der Waals surface area contributed by atoms with Crippen molar-refractivity contribution in [3.05, 3.63) is 143 Å².